The van der Waals surface area contributed by atoms with Crippen LogP contribution in [0.4, 0.5) is 5.69 Å². The number of hydrogen-bond donors (Lipinski definition) is 1. The molecule has 0 aliphatic rings. The lowest BCUT2D eigenvalue weighted by Gasteiger charge is -2.05. The Morgan fingerprint density at radius 3 is 2.60 bits per heavy atom. The van der Waals surface area contributed by atoms with Crippen LogP contribution < -0.4 is 5.32 Å². The number of fused-ring (bicyclic) bond motifs is 1. The van der Waals surface area contributed by atoms with Crippen molar-refractivity contribution in [3.8, 4) is 11.5 Å². The van der Waals surface area contributed by atoms with Crippen LogP contribution >= 0.6 is 0 Å². The molecule has 0 unspecified atom stereocenters. The van der Waals surface area contributed by atoms with Gasteiger partial charge in [-0.15, -0.1) is 0 Å². The lowest BCUT2D eigenvalue weighted by atomic mass is 10.0. The average molecular weight is 396 g/mol. The molecule has 0 spiro atoms. The van der Waals surface area contributed by atoms with Gasteiger partial charge in [0.15, 0.2) is 5.58 Å². The largest absolute Gasteiger partial charge is 0.436 e. The van der Waals surface area contributed by atoms with Crippen molar-refractivity contribution in [2.75, 3.05) is 5.32 Å². The monoisotopic (exact) mass is 396 g/mol. The van der Waals surface area contributed by atoms with Gasteiger partial charge in [-0.25, -0.2) is 4.98 Å². The Kier molecular flexibility index (Phi) is 5.48. The summed E-state index contributed by atoms with van der Waals surface area (Å²) in [6.45, 7) is 6.34. The van der Waals surface area contributed by atoms with Crippen molar-refractivity contribution in [1.29, 1.82) is 0 Å². The number of nitrogens with zero attached hydrogens (tertiary/aromatic N) is 1. The van der Waals surface area contributed by atoms with Crippen LogP contribution in [-0.4, -0.2) is 10.9 Å². The first kappa shape index (κ1) is 19.6. The number of aryl methyl sites for hydroxylation is 1. The van der Waals surface area contributed by atoms with Crippen LogP contribution in [0.2, 0.25) is 0 Å². The Balaban J connectivity index is 1.47. The van der Waals surface area contributed by atoms with Gasteiger partial charge in [-0.3, -0.25) is 4.79 Å². The summed E-state index contributed by atoms with van der Waals surface area (Å²) in [6.07, 6.45) is 3.35. The molecule has 150 valence electrons. The highest BCUT2D eigenvalue weighted by atomic mass is 16.3. The highest BCUT2D eigenvalue weighted by Gasteiger charge is 2.09. The Morgan fingerprint density at radius 2 is 1.83 bits per heavy atom. The van der Waals surface area contributed by atoms with E-state index >= 15 is 0 Å². The standard InChI is InChI=1S/C26H24N2O2/c1-17(2)20-11-8-19(9-12-20)10-14-25(29)27-22-6-4-5-21(16-22)26-28-23-13-7-18(3)15-24(23)30-26/h4-17H,1-3H3,(H,27,29)/b14-10+. The quantitative estimate of drug-likeness (QED) is 0.388. The molecule has 1 heterocycles. The molecule has 1 aromatic heterocycles. The fourth-order valence-corrected chi connectivity index (χ4v) is 3.23. The third-order valence-corrected chi connectivity index (χ3v) is 4.95. The van der Waals surface area contributed by atoms with E-state index in [-0.39, 0.29) is 5.91 Å². The van der Waals surface area contributed by atoms with Crippen molar-refractivity contribution in [2.24, 2.45) is 0 Å². The molecule has 4 nitrogen and oxygen atoms in total. The topological polar surface area (TPSA) is 55.1 Å². The van der Waals surface area contributed by atoms with Crippen LogP contribution in [0, 0.1) is 6.92 Å². The molecular formula is C26H24N2O2. The smallest absolute Gasteiger partial charge is 0.248 e. The Hall–Kier alpha value is -3.66. The summed E-state index contributed by atoms with van der Waals surface area (Å²) in [7, 11) is 0. The second-order valence-corrected chi connectivity index (χ2v) is 7.71. The van der Waals surface area contributed by atoms with Crippen LogP contribution in [0.5, 0.6) is 0 Å². The van der Waals surface area contributed by atoms with Crippen molar-refractivity contribution in [3.63, 3.8) is 0 Å². The predicted molar refractivity (Wildman–Crippen MR) is 122 cm³/mol. The Bertz CT molecular complexity index is 1220. The number of benzene rings is 3. The fourth-order valence-electron chi connectivity index (χ4n) is 3.23. The third kappa shape index (κ3) is 4.49. The maximum atomic E-state index is 12.4. The van der Waals surface area contributed by atoms with E-state index in [9.17, 15) is 4.79 Å². The van der Waals surface area contributed by atoms with Crippen LogP contribution in [0.1, 0.15) is 36.5 Å². The van der Waals surface area contributed by atoms with Crippen molar-refractivity contribution in [2.45, 2.75) is 26.7 Å². The van der Waals surface area contributed by atoms with Crippen LogP contribution in [0.3, 0.4) is 0 Å². The number of carbonyl (C=O) groups is 1. The number of carbonyl (C=O) groups excluding carboxylic acids is 1. The summed E-state index contributed by atoms with van der Waals surface area (Å²) >= 11 is 0. The molecule has 4 rings (SSSR count). The van der Waals surface area contributed by atoms with Crippen molar-refractivity contribution >= 4 is 28.8 Å². The number of rotatable bonds is 5. The van der Waals surface area contributed by atoms with Crippen LogP contribution in [-0.2, 0) is 4.79 Å². The van der Waals surface area contributed by atoms with Crippen LogP contribution in [0.25, 0.3) is 28.6 Å². The van der Waals surface area contributed by atoms with Gasteiger partial charge in [-0.2, -0.15) is 0 Å². The second-order valence-electron chi connectivity index (χ2n) is 7.71. The number of oxazole rings is 1. The first-order chi connectivity index (χ1) is 14.5. The number of nitrogens with one attached hydrogen (secondary N) is 1. The molecule has 0 aliphatic heterocycles. The summed E-state index contributed by atoms with van der Waals surface area (Å²) in [5, 5.41) is 2.90. The van der Waals surface area contributed by atoms with Gasteiger partial charge in [0.1, 0.15) is 5.52 Å². The zero-order chi connectivity index (χ0) is 21.1. The van der Waals surface area contributed by atoms with E-state index in [0.717, 1.165) is 27.8 Å². The van der Waals surface area contributed by atoms with Gasteiger partial charge < -0.3 is 9.73 Å². The lowest BCUT2D eigenvalue weighted by Crippen LogP contribution is -2.07. The fraction of sp³-hybridized carbons (Fsp3) is 0.154. The van der Waals surface area contributed by atoms with Gasteiger partial charge >= 0.3 is 0 Å². The summed E-state index contributed by atoms with van der Waals surface area (Å²) in [5.41, 5.74) is 6.47. The summed E-state index contributed by atoms with van der Waals surface area (Å²) in [4.78, 5) is 16.9. The lowest BCUT2D eigenvalue weighted by molar-refractivity contribution is -0.111. The highest BCUT2D eigenvalue weighted by Crippen LogP contribution is 2.26. The minimum absolute atomic E-state index is 0.187. The highest BCUT2D eigenvalue weighted by molar-refractivity contribution is 6.02. The van der Waals surface area contributed by atoms with E-state index in [1.54, 1.807) is 6.08 Å². The molecule has 1 N–H and O–H groups in total. The molecule has 4 aromatic rings. The summed E-state index contributed by atoms with van der Waals surface area (Å²) in [5.74, 6) is 0.838. The maximum absolute atomic E-state index is 12.4. The zero-order valence-electron chi connectivity index (χ0n) is 17.3. The van der Waals surface area contributed by atoms with E-state index in [2.05, 4.69) is 36.3 Å². The molecule has 1 amide bonds. The molecule has 0 atom stereocenters. The predicted octanol–water partition coefficient (Wildman–Crippen LogP) is 6.58. The van der Waals surface area contributed by atoms with Crippen molar-refractivity contribution in [3.05, 3.63) is 89.5 Å². The molecule has 3 aromatic carbocycles. The molecule has 0 fully saturated rings. The minimum atomic E-state index is -0.187. The molecule has 4 heteroatoms. The number of aromatic nitrogens is 1. The molecular weight excluding hydrogens is 372 g/mol. The zero-order valence-corrected chi connectivity index (χ0v) is 17.3. The Morgan fingerprint density at radius 1 is 1.03 bits per heavy atom. The normalized spacial score (nSPS) is 11.5. The SMILES string of the molecule is Cc1ccc2nc(-c3cccc(NC(=O)/C=C/c4ccc(C(C)C)cc4)c3)oc2c1. The molecule has 0 saturated carbocycles. The van der Waals surface area contributed by atoms with Crippen LogP contribution in [0.15, 0.2) is 77.2 Å². The van der Waals surface area contributed by atoms with Gasteiger partial charge in [0.2, 0.25) is 11.8 Å². The van der Waals surface area contributed by atoms with E-state index < -0.39 is 0 Å². The first-order valence-corrected chi connectivity index (χ1v) is 10.0. The molecule has 0 aliphatic carbocycles. The van der Waals surface area contributed by atoms with E-state index in [1.165, 1.54) is 5.56 Å². The molecule has 0 radical (unpaired) electrons. The summed E-state index contributed by atoms with van der Waals surface area (Å²) < 4.78 is 5.89. The number of amides is 1. The van der Waals surface area contributed by atoms with E-state index in [4.69, 9.17) is 4.42 Å². The van der Waals surface area contributed by atoms with Gasteiger partial charge in [0.05, 0.1) is 0 Å². The second kappa shape index (κ2) is 8.37. The molecule has 0 bridgehead atoms. The van der Waals surface area contributed by atoms with E-state index in [1.807, 2.05) is 67.6 Å². The van der Waals surface area contributed by atoms with Gasteiger partial charge in [0.25, 0.3) is 0 Å². The minimum Gasteiger partial charge on any atom is -0.436 e. The third-order valence-electron chi connectivity index (χ3n) is 4.95. The van der Waals surface area contributed by atoms with Crippen molar-refractivity contribution in [1.82, 2.24) is 4.98 Å². The van der Waals surface area contributed by atoms with Crippen molar-refractivity contribution < 1.29 is 9.21 Å². The van der Waals surface area contributed by atoms with Gasteiger partial charge in [-0.05, 0) is 65.9 Å². The Labute approximate surface area is 176 Å². The average Bonchev–Trinajstić information content (AvgIpc) is 3.16. The van der Waals surface area contributed by atoms with Gasteiger partial charge in [0, 0.05) is 17.3 Å². The van der Waals surface area contributed by atoms with E-state index in [0.29, 0.717) is 17.5 Å². The molecule has 0 saturated heterocycles. The first-order valence-electron chi connectivity index (χ1n) is 10.0. The summed E-state index contributed by atoms with van der Waals surface area (Å²) in [6, 6.07) is 21.6. The molecule has 30 heavy (non-hydrogen) atoms. The number of anilines is 1. The maximum Gasteiger partial charge on any atom is 0.248 e. The number of hydrogen-bond acceptors (Lipinski definition) is 3. The van der Waals surface area contributed by atoms with Gasteiger partial charge in [-0.1, -0.05) is 50.2 Å².